The van der Waals surface area contributed by atoms with Gasteiger partial charge in [0.1, 0.15) is 0 Å². The summed E-state index contributed by atoms with van der Waals surface area (Å²) in [5, 5.41) is 2.14. The fourth-order valence-electron chi connectivity index (χ4n) is 1.66. The number of thiophene rings is 1. The molecule has 1 aliphatic carbocycles. The van der Waals surface area contributed by atoms with Crippen LogP contribution >= 0.6 is 11.3 Å². The van der Waals surface area contributed by atoms with Crippen LogP contribution in [0.25, 0.3) is 5.57 Å². The second-order valence-electron chi connectivity index (χ2n) is 3.31. The van der Waals surface area contributed by atoms with Crippen molar-refractivity contribution in [2.24, 2.45) is 0 Å². The van der Waals surface area contributed by atoms with Crippen LogP contribution in [0.4, 0.5) is 0 Å². The lowest BCUT2D eigenvalue weighted by atomic mass is 10.1. The van der Waals surface area contributed by atoms with Crippen LogP contribution in [-0.2, 0) is 0 Å². The van der Waals surface area contributed by atoms with Gasteiger partial charge in [0, 0.05) is 4.88 Å². The van der Waals surface area contributed by atoms with Gasteiger partial charge < -0.3 is 0 Å². The second-order valence-corrected chi connectivity index (χ2v) is 4.25. The van der Waals surface area contributed by atoms with Gasteiger partial charge in [-0.1, -0.05) is 17.7 Å². The van der Waals surface area contributed by atoms with Crippen molar-refractivity contribution in [2.45, 2.75) is 20.3 Å². The number of hydrogen-bond donors (Lipinski definition) is 0. The third-order valence-electron chi connectivity index (χ3n) is 2.21. The molecule has 0 saturated carbocycles. The average Bonchev–Trinajstić information content (AvgIpc) is 2.58. The van der Waals surface area contributed by atoms with E-state index in [1.165, 1.54) is 21.6 Å². The van der Waals surface area contributed by atoms with Crippen LogP contribution in [-0.4, -0.2) is 0 Å². The molecule has 0 fully saturated rings. The van der Waals surface area contributed by atoms with Crippen LogP contribution in [0, 0.1) is 0 Å². The lowest BCUT2D eigenvalue weighted by molar-refractivity contribution is 1.27. The van der Waals surface area contributed by atoms with Crippen LogP contribution in [0.1, 0.15) is 25.1 Å². The maximum Gasteiger partial charge on any atom is 0.0308 e. The van der Waals surface area contributed by atoms with Gasteiger partial charge in [0.05, 0.1) is 0 Å². The summed E-state index contributed by atoms with van der Waals surface area (Å²) in [5.74, 6) is 0. The summed E-state index contributed by atoms with van der Waals surface area (Å²) in [7, 11) is 0. The van der Waals surface area contributed by atoms with Crippen molar-refractivity contribution in [1.29, 1.82) is 0 Å². The zero-order chi connectivity index (χ0) is 8.55. The smallest absolute Gasteiger partial charge is 0.0308 e. The summed E-state index contributed by atoms with van der Waals surface area (Å²) in [6.45, 7) is 4.40. The average molecular weight is 176 g/mol. The number of rotatable bonds is 1. The highest BCUT2D eigenvalue weighted by Crippen LogP contribution is 2.34. The Morgan fingerprint density at radius 2 is 2.17 bits per heavy atom. The summed E-state index contributed by atoms with van der Waals surface area (Å²) in [6, 6.07) is 4.32. The minimum Gasteiger partial charge on any atom is -0.144 e. The Morgan fingerprint density at radius 1 is 1.33 bits per heavy atom. The Labute approximate surface area is 77.2 Å². The molecule has 0 atom stereocenters. The minimum absolute atomic E-state index is 1.15. The third-order valence-corrected chi connectivity index (χ3v) is 3.14. The molecule has 62 valence electrons. The lowest BCUT2D eigenvalue weighted by Crippen LogP contribution is -1.77. The lowest BCUT2D eigenvalue weighted by Gasteiger charge is -1.99. The largest absolute Gasteiger partial charge is 0.144 e. The summed E-state index contributed by atoms with van der Waals surface area (Å²) in [4.78, 5) is 1.43. The van der Waals surface area contributed by atoms with E-state index in [2.05, 4.69) is 37.4 Å². The number of allylic oxidation sites excluding steroid dienone is 4. The van der Waals surface area contributed by atoms with Crippen molar-refractivity contribution >= 4 is 16.9 Å². The van der Waals surface area contributed by atoms with Gasteiger partial charge in [-0.25, -0.2) is 0 Å². The van der Waals surface area contributed by atoms with Gasteiger partial charge in [0.2, 0.25) is 0 Å². The van der Waals surface area contributed by atoms with E-state index in [0.29, 0.717) is 0 Å². The van der Waals surface area contributed by atoms with Crippen LogP contribution in [0.15, 0.2) is 34.7 Å². The molecule has 0 unspecified atom stereocenters. The van der Waals surface area contributed by atoms with Gasteiger partial charge in [0.25, 0.3) is 0 Å². The number of hydrogen-bond acceptors (Lipinski definition) is 1. The zero-order valence-electron chi connectivity index (χ0n) is 7.42. The normalized spacial score (nSPS) is 17.0. The predicted octanol–water partition coefficient (Wildman–Crippen LogP) is 3.87. The fourth-order valence-corrected chi connectivity index (χ4v) is 2.49. The standard InChI is InChI=1S/C11H12S/c1-8-6-9(2)10(7-8)11-4-3-5-12-11/h3-6H,7H2,1-2H3. The van der Waals surface area contributed by atoms with Gasteiger partial charge in [-0.2, -0.15) is 0 Å². The zero-order valence-corrected chi connectivity index (χ0v) is 8.24. The molecule has 0 saturated heterocycles. The van der Waals surface area contributed by atoms with Crippen molar-refractivity contribution in [2.75, 3.05) is 0 Å². The summed E-state index contributed by atoms with van der Waals surface area (Å²) >= 11 is 1.83. The molecule has 1 aromatic heterocycles. The van der Waals surface area contributed by atoms with Crippen LogP contribution in [0.2, 0.25) is 0 Å². The van der Waals surface area contributed by atoms with E-state index in [9.17, 15) is 0 Å². The van der Waals surface area contributed by atoms with Crippen LogP contribution in [0.5, 0.6) is 0 Å². The highest BCUT2D eigenvalue weighted by Gasteiger charge is 2.11. The first-order valence-electron chi connectivity index (χ1n) is 4.18. The quantitative estimate of drug-likeness (QED) is 0.609. The van der Waals surface area contributed by atoms with Crippen molar-refractivity contribution < 1.29 is 0 Å². The highest BCUT2D eigenvalue weighted by atomic mass is 32.1. The first-order chi connectivity index (χ1) is 5.77. The molecule has 12 heavy (non-hydrogen) atoms. The Balaban J connectivity index is 2.35. The molecule has 1 heteroatoms. The topological polar surface area (TPSA) is 0 Å². The molecule has 0 nitrogen and oxygen atoms in total. The molecule has 0 amide bonds. The molecule has 1 heterocycles. The first-order valence-corrected chi connectivity index (χ1v) is 5.06. The van der Waals surface area contributed by atoms with Crippen molar-refractivity contribution in [1.82, 2.24) is 0 Å². The first kappa shape index (κ1) is 7.81. The Morgan fingerprint density at radius 3 is 2.67 bits per heavy atom. The molecule has 0 aliphatic heterocycles. The Hall–Kier alpha value is -0.820. The van der Waals surface area contributed by atoms with Gasteiger partial charge in [-0.3, -0.25) is 0 Å². The summed E-state index contributed by atoms with van der Waals surface area (Å²) in [5.41, 5.74) is 4.44. The SMILES string of the molecule is CC1=CC(C)=C(c2cccs2)C1. The van der Waals surface area contributed by atoms with Crippen molar-refractivity contribution in [3.8, 4) is 0 Å². The highest BCUT2D eigenvalue weighted by molar-refractivity contribution is 7.11. The van der Waals surface area contributed by atoms with E-state index < -0.39 is 0 Å². The molecule has 2 rings (SSSR count). The molecular weight excluding hydrogens is 164 g/mol. The van der Waals surface area contributed by atoms with E-state index in [0.717, 1.165) is 6.42 Å². The van der Waals surface area contributed by atoms with Gasteiger partial charge in [-0.15, -0.1) is 11.3 Å². The monoisotopic (exact) mass is 176 g/mol. The van der Waals surface area contributed by atoms with E-state index in [1.54, 1.807) is 0 Å². The van der Waals surface area contributed by atoms with Crippen molar-refractivity contribution in [3.05, 3.63) is 39.6 Å². The van der Waals surface area contributed by atoms with E-state index in [-0.39, 0.29) is 0 Å². The van der Waals surface area contributed by atoms with E-state index in [1.807, 2.05) is 11.3 Å². The predicted molar refractivity (Wildman–Crippen MR) is 55.3 cm³/mol. The second kappa shape index (κ2) is 2.91. The Bertz CT molecular complexity index is 339. The molecule has 0 N–H and O–H groups in total. The van der Waals surface area contributed by atoms with E-state index >= 15 is 0 Å². The molecular formula is C11H12S. The van der Waals surface area contributed by atoms with Gasteiger partial charge in [-0.05, 0) is 42.9 Å². The third kappa shape index (κ3) is 1.25. The Kier molecular flexibility index (Phi) is 1.89. The minimum atomic E-state index is 1.15. The van der Waals surface area contributed by atoms with E-state index in [4.69, 9.17) is 0 Å². The summed E-state index contributed by atoms with van der Waals surface area (Å²) in [6.07, 6.45) is 3.43. The van der Waals surface area contributed by atoms with Crippen LogP contribution in [0.3, 0.4) is 0 Å². The molecule has 0 spiro atoms. The molecule has 1 aromatic rings. The summed E-state index contributed by atoms with van der Waals surface area (Å²) < 4.78 is 0. The molecule has 0 radical (unpaired) electrons. The van der Waals surface area contributed by atoms with Gasteiger partial charge in [0.15, 0.2) is 0 Å². The van der Waals surface area contributed by atoms with Crippen LogP contribution < -0.4 is 0 Å². The molecule has 0 bridgehead atoms. The maximum absolute atomic E-state index is 2.29. The maximum atomic E-state index is 2.29. The molecule has 0 aromatic carbocycles. The fraction of sp³-hybridized carbons (Fsp3) is 0.273. The van der Waals surface area contributed by atoms with Crippen molar-refractivity contribution in [3.63, 3.8) is 0 Å². The molecule has 1 aliphatic rings. The van der Waals surface area contributed by atoms with Gasteiger partial charge >= 0.3 is 0 Å².